The number of rotatable bonds is 10. The van der Waals surface area contributed by atoms with E-state index in [0.717, 1.165) is 12.1 Å². The van der Waals surface area contributed by atoms with E-state index in [0.29, 0.717) is 34.5 Å². The standard InChI is InChI=1S/C23H26F3NO4/c1-4-31-22(29)12-16-5-8-21(30-3)20(11-16)19-7-6-18(23(24,25)26)13-17(19)14-27-10-9-15(2)28/h5-8,11,13,27H,4,9-10,12,14H2,1-3H3. The van der Waals surface area contributed by atoms with E-state index in [1.165, 1.54) is 20.1 Å². The Labute approximate surface area is 179 Å². The molecule has 0 radical (unpaired) electrons. The highest BCUT2D eigenvalue weighted by Gasteiger charge is 2.31. The lowest BCUT2D eigenvalue weighted by Crippen LogP contribution is -2.18. The number of hydrogen-bond acceptors (Lipinski definition) is 5. The van der Waals surface area contributed by atoms with Gasteiger partial charge in [0.1, 0.15) is 11.5 Å². The van der Waals surface area contributed by atoms with Crippen LogP contribution in [-0.2, 0) is 33.5 Å². The summed E-state index contributed by atoms with van der Waals surface area (Å²) < 4.78 is 50.2. The van der Waals surface area contributed by atoms with Gasteiger partial charge in [0.05, 0.1) is 25.7 Å². The van der Waals surface area contributed by atoms with E-state index in [2.05, 4.69) is 5.32 Å². The second-order valence-electron chi connectivity index (χ2n) is 7.01. The highest BCUT2D eigenvalue weighted by molar-refractivity contribution is 5.78. The fourth-order valence-electron chi connectivity index (χ4n) is 3.12. The molecule has 0 fully saturated rings. The van der Waals surface area contributed by atoms with Gasteiger partial charge in [-0.15, -0.1) is 0 Å². The van der Waals surface area contributed by atoms with Gasteiger partial charge in [0, 0.05) is 25.1 Å². The van der Waals surface area contributed by atoms with Gasteiger partial charge >= 0.3 is 12.1 Å². The molecule has 0 atom stereocenters. The predicted octanol–water partition coefficient (Wildman–Crippen LogP) is 4.56. The molecule has 168 valence electrons. The molecule has 0 saturated heterocycles. The second kappa shape index (κ2) is 10.9. The lowest BCUT2D eigenvalue weighted by atomic mass is 9.94. The van der Waals surface area contributed by atoms with Gasteiger partial charge in [0.25, 0.3) is 0 Å². The predicted molar refractivity (Wildman–Crippen MR) is 111 cm³/mol. The van der Waals surface area contributed by atoms with Crippen LogP contribution in [0.3, 0.4) is 0 Å². The number of Topliss-reactive ketones (excluding diaryl/α,β-unsaturated/α-hetero) is 1. The molecule has 0 aromatic heterocycles. The van der Waals surface area contributed by atoms with Crippen LogP contribution in [-0.4, -0.2) is 32.0 Å². The number of carbonyl (C=O) groups is 2. The number of halogens is 3. The molecule has 0 heterocycles. The van der Waals surface area contributed by atoms with Crippen molar-refractivity contribution in [3.8, 4) is 16.9 Å². The molecule has 0 aliphatic heterocycles. The zero-order valence-electron chi connectivity index (χ0n) is 17.8. The molecule has 0 saturated carbocycles. The summed E-state index contributed by atoms with van der Waals surface area (Å²) in [6.45, 7) is 3.92. The molecule has 2 aromatic carbocycles. The molecule has 0 amide bonds. The minimum absolute atomic E-state index is 0.00917. The number of nitrogens with one attached hydrogen (secondary N) is 1. The van der Waals surface area contributed by atoms with E-state index in [9.17, 15) is 22.8 Å². The first-order chi connectivity index (χ1) is 14.7. The normalized spacial score (nSPS) is 11.3. The first kappa shape index (κ1) is 24.4. The van der Waals surface area contributed by atoms with Gasteiger partial charge in [0.15, 0.2) is 0 Å². The molecule has 0 aliphatic carbocycles. The first-order valence-electron chi connectivity index (χ1n) is 9.88. The summed E-state index contributed by atoms with van der Waals surface area (Å²) in [6, 6.07) is 8.62. The van der Waals surface area contributed by atoms with Crippen LogP contribution in [0.25, 0.3) is 11.1 Å². The van der Waals surface area contributed by atoms with Crippen LogP contribution < -0.4 is 10.1 Å². The van der Waals surface area contributed by atoms with Crippen molar-refractivity contribution >= 4 is 11.8 Å². The third-order valence-electron chi connectivity index (χ3n) is 4.61. The molecule has 1 N–H and O–H groups in total. The molecule has 0 spiro atoms. The molecule has 0 unspecified atom stereocenters. The zero-order valence-corrected chi connectivity index (χ0v) is 17.8. The molecule has 5 nitrogen and oxygen atoms in total. The molecule has 0 bridgehead atoms. The van der Waals surface area contributed by atoms with Crippen LogP contribution in [0.2, 0.25) is 0 Å². The highest BCUT2D eigenvalue weighted by Crippen LogP contribution is 2.37. The summed E-state index contributed by atoms with van der Waals surface area (Å²) in [6.07, 6.45) is -4.16. The van der Waals surface area contributed by atoms with Crippen LogP contribution in [0.15, 0.2) is 36.4 Å². The van der Waals surface area contributed by atoms with Crippen LogP contribution in [0.1, 0.15) is 37.0 Å². The fourth-order valence-corrected chi connectivity index (χ4v) is 3.12. The number of ketones is 1. The van der Waals surface area contributed by atoms with Gasteiger partial charge in [-0.2, -0.15) is 13.2 Å². The Bertz CT molecular complexity index is 926. The largest absolute Gasteiger partial charge is 0.496 e. The highest BCUT2D eigenvalue weighted by atomic mass is 19.4. The van der Waals surface area contributed by atoms with E-state index in [1.807, 2.05) is 0 Å². The molecule has 2 aromatic rings. The van der Waals surface area contributed by atoms with Crippen molar-refractivity contribution in [3.63, 3.8) is 0 Å². The average molecular weight is 437 g/mol. The topological polar surface area (TPSA) is 64.6 Å². The quantitative estimate of drug-likeness (QED) is 0.436. The molecule has 0 aliphatic rings. The number of methoxy groups -OCH3 is 1. The van der Waals surface area contributed by atoms with Crippen molar-refractivity contribution in [2.75, 3.05) is 20.3 Å². The number of benzene rings is 2. The Morgan fingerprint density at radius 1 is 1.06 bits per heavy atom. The lowest BCUT2D eigenvalue weighted by molar-refractivity contribution is -0.142. The van der Waals surface area contributed by atoms with E-state index in [1.54, 1.807) is 25.1 Å². The summed E-state index contributed by atoms with van der Waals surface area (Å²) in [5.74, 6) is 0.0691. The number of ether oxygens (including phenoxy) is 2. The number of hydrogen-bond donors (Lipinski definition) is 1. The van der Waals surface area contributed by atoms with Gasteiger partial charge in [-0.1, -0.05) is 12.1 Å². The maximum absolute atomic E-state index is 13.3. The summed E-state index contributed by atoms with van der Waals surface area (Å²) in [5, 5.41) is 3.02. The van der Waals surface area contributed by atoms with Gasteiger partial charge in [-0.3, -0.25) is 9.59 Å². The van der Waals surface area contributed by atoms with E-state index in [-0.39, 0.29) is 31.8 Å². The smallest absolute Gasteiger partial charge is 0.416 e. The summed E-state index contributed by atoms with van der Waals surface area (Å²) in [5.41, 5.74) is 1.42. The lowest BCUT2D eigenvalue weighted by Gasteiger charge is -2.17. The third-order valence-corrected chi connectivity index (χ3v) is 4.61. The number of alkyl halides is 3. The number of carbonyl (C=O) groups excluding carboxylic acids is 2. The summed E-state index contributed by atoms with van der Waals surface area (Å²) >= 11 is 0. The minimum atomic E-state index is -4.48. The minimum Gasteiger partial charge on any atom is -0.496 e. The monoisotopic (exact) mass is 437 g/mol. The fraction of sp³-hybridized carbons (Fsp3) is 0.391. The van der Waals surface area contributed by atoms with Crippen LogP contribution in [0.4, 0.5) is 13.2 Å². The zero-order chi connectivity index (χ0) is 23.0. The van der Waals surface area contributed by atoms with Crippen LogP contribution in [0.5, 0.6) is 5.75 Å². The third kappa shape index (κ3) is 7.10. The molecule has 2 rings (SSSR count). The maximum Gasteiger partial charge on any atom is 0.416 e. The van der Waals surface area contributed by atoms with E-state index < -0.39 is 17.7 Å². The molecule has 31 heavy (non-hydrogen) atoms. The molecular weight excluding hydrogens is 411 g/mol. The number of esters is 1. The van der Waals surface area contributed by atoms with Crippen LogP contribution in [0, 0.1) is 0 Å². The Balaban J connectivity index is 2.46. The summed E-state index contributed by atoms with van der Waals surface area (Å²) in [7, 11) is 1.47. The maximum atomic E-state index is 13.3. The van der Waals surface area contributed by atoms with Gasteiger partial charge in [-0.25, -0.2) is 0 Å². The Morgan fingerprint density at radius 3 is 2.42 bits per heavy atom. The Kier molecular flexibility index (Phi) is 8.62. The van der Waals surface area contributed by atoms with Crippen LogP contribution >= 0.6 is 0 Å². The Morgan fingerprint density at radius 2 is 1.81 bits per heavy atom. The van der Waals surface area contributed by atoms with Crippen molar-refractivity contribution in [2.45, 2.75) is 39.4 Å². The van der Waals surface area contributed by atoms with Gasteiger partial charge < -0.3 is 14.8 Å². The van der Waals surface area contributed by atoms with Crippen molar-refractivity contribution in [1.82, 2.24) is 5.32 Å². The van der Waals surface area contributed by atoms with E-state index >= 15 is 0 Å². The first-order valence-corrected chi connectivity index (χ1v) is 9.88. The van der Waals surface area contributed by atoms with Crippen molar-refractivity contribution in [3.05, 3.63) is 53.1 Å². The van der Waals surface area contributed by atoms with Crippen molar-refractivity contribution in [1.29, 1.82) is 0 Å². The summed E-state index contributed by atoms with van der Waals surface area (Å²) in [4.78, 5) is 23.0. The van der Waals surface area contributed by atoms with Gasteiger partial charge in [0.2, 0.25) is 0 Å². The Hall–Kier alpha value is -2.87. The average Bonchev–Trinajstić information content (AvgIpc) is 2.70. The molecule has 8 heteroatoms. The second-order valence-corrected chi connectivity index (χ2v) is 7.01. The van der Waals surface area contributed by atoms with Crippen molar-refractivity contribution < 1.29 is 32.2 Å². The SMILES string of the molecule is CCOC(=O)Cc1ccc(OC)c(-c2ccc(C(F)(F)F)cc2CNCCC(C)=O)c1. The van der Waals surface area contributed by atoms with E-state index in [4.69, 9.17) is 9.47 Å². The molecular formula is C23H26F3NO4. The van der Waals surface area contributed by atoms with Gasteiger partial charge in [-0.05, 0) is 54.8 Å². The van der Waals surface area contributed by atoms with Crippen molar-refractivity contribution in [2.24, 2.45) is 0 Å².